The number of rotatable bonds is 7. The maximum Gasteiger partial charge on any atom is 0.320 e. The lowest BCUT2D eigenvalue weighted by atomic mass is 9.99. The lowest BCUT2D eigenvalue weighted by Crippen LogP contribution is -2.28. The minimum Gasteiger partial charge on any atom is -0.493 e. The van der Waals surface area contributed by atoms with Crippen molar-refractivity contribution in [2.45, 2.75) is 26.4 Å². The molecular formula is C16H21BrO6. The van der Waals surface area contributed by atoms with E-state index in [1.807, 2.05) is 13.8 Å². The van der Waals surface area contributed by atoms with Crippen LogP contribution in [0.15, 0.2) is 16.6 Å². The van der Waals surface area contributed by atoms with E-state index >= 15 is 0 Å². The first-order valence-electron chi connectivity index (χ1n) is 7.02. The Kier molecular flexibility index (Phi) is 7.35. The zero-order chi connectivity index (χ0) is 17.6. The molecule has 0 N–H and O–H groups in total. The Morgan fingerprint density at radius 1 is 1.04 bits per heavy atom. The zero-order valence-corrected chi connectivity index (χ0v) is 15.4. The van der Waals surface area contributed by atoms with Crippen LogP contribution in [0.1, 0.15) is 19.4 Å². The first-order valence-corrected chi connectivity index (χ1v) is 7.82. The van der Waals surface area contributed by atoms with Gasteiger partial charge in [-0.15, -0.1) is 0 Å². The summed E-state index contributed by atoms with van der Waals surface area (Å²) in [5.74, 6) is -1.24. The Morgan fingerprint density at radius 2 is 1.61 bits per heavy atom. The quantitative estimate of drug-likeness (QED) is 0.528. The molecule has 0 saturated heterocycles. The van der Waals surface area contributed by atoms with Gasteiger partial charge in [-0.05, 0) is 38.0 Å². The molecule has 7 heteroatoms. The lowest BCUT2D eigenvalue weighted by molar-refractivity contribution is -0.158. The molecule has 0 radical (unpaired) electrons. The maximum atomic E-state index is 11.8. The Labute approximate surface area is 144 Å². The van der Waals surface area contributed by atoms with Crippen LogP contribution >= 0.6 is 15.9 Å². The van der Waals surface area contributed by atoms with Gasteiger partial charge in [0.1, 0.15) is 0 Å². The van der Waals surface area contributed by atoms with Crippen LogP contribution in [0.2, 0.25) is 0 Å². The van der Waals surface area contributed by atoms with Crippen LogP contribution in [0.4, 0.5) is 0 Å². The Hall–Kier alpha value is -1.76. The van der Waals surface area contributed by atoms with E-state index in [0.29, 0.717) is 21.5 Å². The summed E-state index contributed by atoms with van der Waals surface area (Å²) in [5.41, 5.74) is 0.710. The molecule has 0 fully saturated rings. The number of hydrogen-bond acceptors (Lipinski definition) is 6. The van der Waals surface area contributed by atoms with Crippen LogP contribution in [0.3, 0.4) is 0 Å². The number of halogens is 1. The van der Waals surface area contributed by atoms with Gasteiger partial charge < -0.3 is 18.9 Å². The van der Waals surface area contributed by atoms with E-state index in [1.54, 1.807) is 19.2 Å². The molecule has 0 aliphatic rings. The molecule has 0 bridgehead atoms. The number of methoxy groups -OCH3 is 3. The van der Waals surface area contributed by atoms with Crippen molar-refractivity contribution < 1.29 is 28.5 Å². The molecule has 0 unspecified atom stereocenters. The minimum atomic E-state index is -1.04. The summed E-state index contributed by atoms with van der Waals surface area (Å²) in [6.07, 6.45) is 0.0770. The molecule has 6 nitrogen and oxygen atoms in total. The highest BCUT2D eigenvalue weighted by Gasteiger charge is 2.30. The SMILES string of the molecule is COC(=O)C(Cc1cc(OC(C)C)c(OC)cc1Br)C(=O)OC. The summed E-state index contributed by atoms with van der Waals surface area (Å²) in [4.78, 5) is 23.6. The highest BCUT2D eigenvalue weighted by Crippen LogP contribution is 2.35. The van der Waals surface area contributed by atoms with Gasteiger partial charge in [-0.2, -0.15) is 0 Å². The fraction of sp³-hybridized carbons (Fsp3) is 0.500. The Balaban J connectivity index is 3.19. The van der Waals surface area contributed by atoms with E-state index in [9.17, 15) is 9.59 Å². The molecule has 1 rings (SSSR count). The van der Waals surface area contributed by atoms with Crippen LogP contribution in [-0.4, -0.2) is 39.4 Å². The highest BCUT2D eigenvalue weighted by atomic mass is 79.9. The predicted molar refractivity (Wildman–Crippen MR) is 87.7 cm³/mol. The minimum absolute atomic E-state index is 0.0464. The van der Waals surface area contributed by atoms with Crippen molar-refractivity contribution >= 4 is 27.9 Å². The number of benzene rings is 1. The van der Waals surface area contributed by atoms with E-state index in [-0.39, 0.29) is 12.5 Å². The molecule has 0 aliphatic heterocycles. The largest absolute Gasteiger partial charge is 0.493 e. The number of hydrogen-bond donors (Lipinski definition) is 0. The first-order chi connectivity index (χ1) is 10.8. The van der Waals surface area contributed by atoms with E-state index in [0.717, 1.165) is 0 Å². The number of carbonyl (C=O) groups is 2. The molecule has 0 amide bonds. The third-order valence-electron chi connectivity index (χ3n) is 3.09. The number of carbonyl (C=O) groups excluding carboxylic acids is 2. The zero-order valence-electron chi connectivity index (χ0n) is 13.8. The van der Waals surface area contributed by atoms with Gasteiger partial charge in [0.15, 0.2) is 17.4 Å². The second-order valence-corrected chi connectivity index (χ2v) is 5.92. The van der Waals surface area contributed by atoms with Crippen LogP contribution in [-0.2, 0) is 25.5 Å². The topological polar surface area (TPSA) is 71.1 Å². The first kappa shape index (κ1) is 19.3. The van der Waals surface area contributed by atoms with Gasteiger partial charge in [-0.25, -0.2) is 0 Å². The fourth-order valence-electron chi connectivity index (χ4n) is 2.01. The summed E-state index contributed by atoms with van der Waals surface area (Å²) in [5, 5.41) is 0. The molecule has 0 saturated carbocycles. The Bertz CT molecular complexity index is 554. The van der Waals surface area contributed by atoms with Crippen molar-refractivity contribution in [1.29, 1.82) is 0 Å². The van der Waals surface area contributed by atoms with Crippen molar-refractivity contribution in [3.05, 3.63) is 22.2 Å². The van der Waals surface area contributed by atoms with E-state index in [1.165, 1.54) is 14.2 Å². The molecule has 0 spiro atoms. The summed E-state index contributed by atoms with van der Waals surface area (Å²) < 4.78 is 21.0. The van der Waals surface area contributed by atoms with E-state index < -0.39 is 17.9 Å². The lowest BCUT2D eigenvalue weighted by Gasteiger charge is -2.18. The fourth-order valence-corrected chi connectivity index (χ4v) is 2.49. The third-order valence-corrected chi connectivity index (χ3v) is 3.83. The van der Waals surface area contributed by atoms with Gasteiger partial charge in [0.2, 0.25) is 0 Å². The van der Waals surface area contributed by atoms with Crippen molar-refractivity contribution in [3.8, 4) is 11.5 Å². The molecule has 0 aliphatic carbocycles. The van der Waals surface area contributed by atoms with Crippen LogP contribution < -0.4 is 9.47 Å². The third kappa shape index (κ3) is 5.13. The summed E-state index contributed by atoms with van der Waals surface area (Å²) in [7, 11) is 4.00. The van der Waals surface area contributed by atoms with Gasteiger partial charge in [0.25, 0.3) is 0 Å². The average molecular weight is 389 g/mol. The maximum absolute atomic E-state index is 11.8. The van der Waals surface area contributed by atoms with Gasteiger partial charge in [0.05, 0.1) is 27.4 Å². The van der Waals surface area contributed by atoms with Gasteiger partial charge >= 0.3 is 11.9 Å². The van der Waals surface area contributed by atoms with Crippen molar-refractivity contribution in [1.82, 2.24) is 0 Å². The molecule has 128 valence electrons. The van der Waals surface area contributed by atoms with Crippen LogP contribution in [0.25, 0.3) is 0 Å². The van der Waals surface area contributed by atoms with Gasteiger partial charge in [0, 0.05) is 4.47 Å². The molecular weight excluding hydrogens is 368 g/mol. The van der Waals surface area contributed by atoms with Crippen LogP contribution in [0.5, 0.6) is 11.5 Å². The van der Waals surface area contributed by atoms with Crippen molar-refractivity contribution in [3.63, 3.8) is 0 Å². The Morgan fingerprint density at radius 3 is 2.04 bits per heavy atom. The monoisotopic (exact) mass is 388 g/mol. The molecule has 23 heavy (non-hydrogen) atoms. The van der Waals surface area contributed by atoms with Gasteiger partial charge in [-0.1, -0.05) is 15.9 Å². The van der Waals surface area contributed by atoms with E-state index in [2.05, 4.69) is 25.4 Å². The summed E-state index contributed by atoms with van der Waals surface area (Å²) in [6, 6.07) is 3.47. The van der Waals surface area contributed by atoms with Gasteiger partial charge in [-0.3, -0.25) is 9.59 Å². The molecule has 0 aromatic heterocycles. The summed E-state index contributed by atoms with van der Waals surface area (Å²) >= 11 is 3.42. The second-order valence-electron chi connectivity index (χ2n) is 5.06. The number of ether oxygens (including phenoxy) is 4. The molecule has 0 atom stereocenters. The smallest absolute Gasteiger partial charge is 0.320 e. The van der Waals surface area contributed by atoms with E-state index in [4.69, 9.17) is 9.47 Å². The van der Waals surface area contributed by atoms with Crippen molar-refractivity contribution in [2.75, 3.05) is 21.3 Å². The molecule has 1 aromatic carbocycles. The average Bonchev–Trinajstić information content (AvgIpc) is 2.52. The molecule has 1 aromatic rings. The number of esters is 2. The summed E-state index contributed by atoms with van der Waals surface area (Å²) in [6.45, 7) is 3.79. The normalized spacial score (nSPS) is 10.6. The standard InChI is InChI=1S/C16H21BrO6/c1-9(2)23-14-7-10(12(17)8-13(14)20-3)6-11(15(18)21-4)16(19)22-5/h7-9,11H,6H2,1-5H3. The molecule has 0 heterocycles. The second kappa shape index (κ2) is 8.76. The highest BCUT2D eigenvalue weighted by molar-refractivity contribution is 9.10. The predicted octanol–water partition coefficient (Wildman–Crippen LogP) is 2.75. The van der Waals surface area contributed by atoms with Crippen LogP contribution in [0, 0.1) is 5.92 Å². The van der Waals surface area contributed by atoms with Crippen molar-refractivity contribution in [2.24, 2.45) is 5.92 Å².